The van der Waals surface area contributed by atoms with Gasteiger partial charge in [-0.1, -0.05) is 11.6 Å². The molecule has 0 aliphatic carbocycles. The number of β-amino-alcohol motifs (C(OH)–C–C–N with tert-alkyl or cyclic N) is 1. The predicted octanol–water partition coefficient (Wildman–Crippen LogP) is 2.48. The smallest absolute Gasteiger partial charge is 0.397 e. The molecule has 0 bridgehead atoms. The molecule has 6 rings (SSSR count). The molecule has 1 aromatic carbocycles. The van der Waals surface area contributed by atoms with Crippen molar-refractivity contribution in [1.82, 2.24) is 39.8 Å². The highest BCUT2D eigenvalue weighted by molar-refractivity contribution is 6.34. The third kappa shape index (κ3) is 7.23. The van der Waals surface area contributed by atoms with E-state index in [-0.39, 0.29) is 56.9 Å². The van der Waals surface area contributed by atoms with E-state index in [0.29, 0.717) is 44.7 Å². The Morgan fingerprint density at radius 1 is 1.16 bits per heavy atom. The van der Waals surface area contributed by atoms with Crippen molar-refractivity contribution in [2.75, 3.05) is 37.2 Å². The van der Waals surface area contributed by atoms with Gasteiger partial charge >= 0.3 is 6.18 Å². The Bertz CT molecular complexity index is 1890. The van der Waals surface area contributed by atoms with Crippen LogP contribution in [0.2, 0.25) is 5.02 Å². The van der Waals surface area contributed by atoms with E-state index in [0.717, 1.165) is 17.1 Å². The van der Waals surface area contributed by atoms with E-state index in [1.165, 1.54) is 48.1 Å². The lowest BCUT2D eigenvalue weighted by Gasteiger charge is -2.18. The first kappa shape index (κ1) is 33.9. The number of amides is 3. The number of nitrogens with two attached hydrogens (primary N) is 1. The molecule has 14 nitrogen and oxygen atoms in total. The number of carbonyl (C=O) groups excluding carboxylic acids is 3. The molecule has 2 aliphatic heterocycles. The Hall–Kier alpha value is -5.00. The number of hydrogen-bond acceptors (Lipinski definition) is 9. The molecule has 4 aromatic rings. The van der Waals surface area contributed by atoms with Crippen LogP contribution in [0.5, 0.6) is 0 Å². The number of carbonyl (C=O) groups is 3. The number of hydrogen-bond donors (Lipinski definition) is 5. The molecule has 3 atom stereocenters. The topological polar surface area (TPSA) is 185 Å². The van der Waals surface area contributed by atoms with Crippen molar-refractivity contribution in [2.45, 2.75) is 31.2 Å². The molecule has 0 radical (unpaired) electrons. The summed E-state index contributed by atoms with van der Waals surface area (Å²) in [5, 5.41) is 21.9. The summed E-state index contributed by atoms with van der Waals surface area (Å²) in [4.78, 5) is 48.5. The van der Waals surface area contributed by atoms with Gasteiger partial charge in [0.2, 0.25) is 5.91 Å². The molecule has 5 heterocycles. The van der Waals surface area contributed by atoms with Crippen LogP contribution in [0, 0.1) is 5.92 Å². The Morgan fingerprint density at radius 3 is 2.63 bits per heavy atom. The number of nitrogens with zero attached hydrogens (tertiary/aromatic N) is 6. The molecule has 3 aromatic heterocycles. The second-order valence-corrected chi connectivity index (χ2v) is 12.4. The number of rotatable bonds is 8. The van der Waals surface area contributed by atoms with Gasteiger partial charge in [0.15, 0.2) is 17.3 Å². The molecule has 18 heteroatoms. The molecule has 0 spiro atoms. The van der Waals surface area contributed by atoms with Crippen molar-refractivity contribution in [3.63, 3.8) is 0 Å². The largest absolute Gasteiger partial charge is 0.435 e. The minimum absolute atomic E-state index is 0.0179. The van der Waals surface area contributed by atoms with Crippen molar-refractivity contribution >= 4 is 40.7 Å². The van der Waals surface area contributed by atoms with Gasteiger partial charge in [-0.15, -0.1) is 0 Å². The van der Waals surface area contributed by atoms with E-state index in [9.17, 15) is 32.7 Å². The lowest BCUT2D eigenvalue weighted by Crippen LogP contribution is -2.42. The summed E-state index contributed by atoms with van der Waals surface area (Å²) in [6, 6.07) is 6.84. The van der Waals surface area contributed by atoms with Crippen molar-refractivity contribution in [3.05, 3.63) is 71.0 Å². The quantitative estimate of drug-likeness (QED) is 0.184. The molecule has 258 valence electrons. The summed E-state index contributed by atoms with van der Waals surface area (Å²) in [5.74, 6) is -1.24. The lowest BCUT2D eigenvalue weighted by atomic mass is 10.1. The van der Waals surface area contributed by atoms with Gasteiger partial charge in [0.1, 0.15) is 0 Å². The average Bonchev–Trinajstić information content (AvgIpc) is 3.86. The fourth-order valence-electron chi connectivity index (χ4n) is 5.88. The molecule has 6 N–H and O–H groups in total. The van der Waals surface area contributed by atoms with Gasteiger partial charge in [-0.2, -0.15) is 18.3 Å². The number of pyridine rings is 1. The summed E-state index contributed by atoms with van der Waals surface area (Å²) < 4.78 is 44.2. The normalized spacial score (nSPS) is 19.3. The van der Waals surface area contributed by atoms with Crippen LogP contribution in [0.4, 0.5) is 24.5 Å². The van der Waals surface area contributed by atoms with Gasteiger partial charge in [-0.3, -0.25) is 14.4 Å². The predicted molar refractivity (Wildman–Crippen MR) is 172 cm³/mol. The van der Waals surface area contributed by atoms with Crippen LogP contribution < -0.4 is 21.7 Å². The number of nitrogen functional groups attached to an aromatic ring is 1. The molecular weight excluding hydrogens is 669 g/mol. The van der Waals surface area contributed by atoms with E-state index in [1.807, 2.05) is 0 Å². The van der Waals surface area contributed by atoms with Crippen molar-refractivity contribution in [1.29, 1.82) is 0 Å². The van der Waals surface area contributed by atoms with Crippen LogP contribution in [-0.2, 0) is 18.0 Å². The fraction of sp³-hybridized carbons (Fsp3) is 0.355. The number of nitrogens with one attached hydrogen (secondary N) is 3. The van der Waals surface area contributed by atoms with Crippen LogP contribution in [0.1, 0.15) is 39.5 Å². The number of anilines is 2. The summed E-state index contributed by atoms with van der Waals surface area (Å²) in [7, 11) is 1.40. The van der Waals surface area contributed by atoms with Crippen molar-refractivity contribution in [2.24, 2.45) is 13.0 Å². The third-order valence-corrected chi connectivity index (χ3v) is 8.79. The standard InChI is InChI=1S/C31H32ClF3N10O4/c1-43-24(21-15-45(42-26(21)31(33,34)35)25-5-2-17(36)11-38-25)13-39-27(43)29(48)41-18-3-4-20(22(32)8-18)30(49)44-7-6-16(14-44)10-40-28(47)23-9-19(46)12-37-23/h2-5,8,11,13,15-16,19,23,37,46H,6-7,9-10,12,14,36H2,1H3,(H,40,47)(H,41,48)/t16-,19+,23-/m0/s1. The summed E-state index contributed by atoms with van der Waals surface area (Å²) >= 11 is 6.46. The highest BCUT2D eigenvalue weighted by Crippen LogP contribution is 2.37. The second-order valence-electron chi connectivity index (χ2n) is 12.0. The molecular formula is C31H32ClF3N10O4. The van der Waals surface area contributed by atoms with Crippen LogP contribution in [0.15, 0.2) is 48.9 Å². The molecule has 49 heavy (non-hydrogen) atoms. The molecule has 2 saturated heterocycles. The number of halogens is 4. The summed E-state index contributed by atoms with van der Waals surface area (Å²) in [6.07, 6.45) is -0.734. The third-order valence-electron chi connectivity index (χ3n) is 8.47. The molecule has 2 fully saturated rings. The van der Waals surface area contributed by atoms with Gasteiger partial charge in [-0.05, 0) is 49.1 Å². The number of benzene rings is 1. The van der Waals surface area contributed by atoms with Crippen LogP contribution >= 0.6 is 11.6 Å². The number of aromatic nitrogens is 5. The minimum Gasteiger partial charge on any atom is -0.397 e. The average molecular weight is 701 g/mol. The molecule has 3 amide bonds. The number of aliphatic hydroxyl groups is 1. The van der Waals surface area contributed by atoms with Gasteiger partial charge in [-0.25, -0.2) is 14.6 Å². The number of likely N-dealkylation sites (tertiary alicyclic amines) is 1. The van der Waals surface area contributed by atoms with Gasteiger partial charge in [0.05, 0.1) is 52.1 Å². The Labute approximate surface area is 282 Å². The van der Waals surface area contributed by atoms with E-state index >= 15 is 0 Å². The summed E-state index contributed by atoms with van der Waals surface area (Å²) in [5.41, 5.74) is 4.90. The molecule has 0 saturated carbocycles. The first-order valence-electron chi connectivity index (χ1n) is 15.3. The zero-order chi connectivity index (χ0) is 35.0. The Morgan fingerprint density at radius 2 is 1.96 bits per heavy atom. The first-order valence-corrected chi connectivity index (χ1v) is 15.7. The van der Waals surface area contributed by atoms with Crippen LogP contribution in [0.25, 0.3) is 17.1 Å². The summed E-state index contributed by atoms with van der Waals surface area (Å²) in [6.45, 7) is 1.66. The number of imidazole rings is 1. The van der Waals surface area contributed by atoms with E-state index in [1.54, 1.807) is 4.90 Å². The highest BCUT2D eigenvalue weighted by atomic mass is 35.5. The Balaban J connectivity index is 1.11. The minimum atomic E-state index is -4.82. The van der Waals surface area contributed by atoms with Crippen LogP contribution in [0.3, 0.4) is 0 Å². The van der Waals surface area contributed by atoms with Gasteiger partial charge in [0, 0.05) is 45.1 Å². The lowest BCUT2D eigenvalue weighted by molar-refractivity contribution is -0.140. The number of alkyl halides is 3. The zero-order valence-electron chi connectivity index (χ0n) is 26.0. The van der Waals surface area contributed by atoms with E-state index in [4.69, 9.17) is 17.3 Å². The molecule has 2 aliphatic rings. The second kappa shape index (κ2) is 13.5. The van der Waals surface area contributed by atoms with Gasteiger partial charge < -0.3 is 36.3 Å². The molecule has 0 unspecified atom stereocenters. The fourth-order valence-corrected chi connectivity index (χ4v) is 6.15. The van der Waals surface area contributed by atoms with Crippen molar-refractivity contribution in [3.8, 4) is 17.1 Å². The maximum Gasteiger partial charge on any atom is 0.435 e. The SMILES string of the molecule is Cn1c(-c2cn(-c3ccc(N)cn3)nc2C(F)(F)F)cnc1C(=O)Nc1ccc(C(=O)N2CC[C@@H](CNC(=O)[C@@H]3C[C@@H](O)CN3)C2)c(Cl)c1. The maximum absolute atomic E-state index is 14.0. The first-order chi connectivity index (χ1) is 23.3. The monoisotopic (exact) mass is 700 g/mol. The number of aliphatic hydroxyl groups excluding tert-OH is 1. The maximum atomic E-state index is 14.0. The van der Waals surface area contributed by atoms with Gasteiger partial charge in [0.25, 0.3) is 11.8 Å². The Kier molecular flexibility index (Phi) is 9.32. The van der Waals surface area contributed by atoms with E-state index < -0.39 is 29.9 Å². The zero-order valence-corrected chi connectivity index (χ0v) is 26.8. The highest BCUT2D eigenvalue weighted by Gasteiger charge is 2.39. The van der Waals surface area contributed by atoms with Crippen molar-refractivity contribution < 1.29 is 32.7 Å². The van der Waals surface area contributed by atoms with Crippen LogP contribution in [-0.4, -0.2) is 90.4 Å². The van der Waals surface area contributed by atoms with E-state index in [2.05, 4.69) is 31.0 Å².